The van der Waals surface area contributed by atoms with Gasteiger partial charge in [-0.2, -0.15) is 0 Å². The van der Waals surface area contributed by atoms with Gasteiger partial charge in [-0.05, 0) is 19.3 Å². The second-order valence-corrected chi connectivity index (χ2v) is 4.22. The topological polar surface area (TPSA) is 66.0 Å². The summed E-state index contributed by atoms with van der Waals surface area (Å²) in [4.78, 5) is 0. The summed E-state index contributed by atoms with van der Waals surface area (Å²) in [6, 6.07) is 0. The van der Waals surface area contributed by atoms with E-state index in [4.69, 9.17) is 10.5 Å². The van der Waals surface area contributed by atoms with E-state index in [1.165, 1.54) is 0 Å². The molecule has 5 heteroatoms. The fourth-order valence-electron chi connectivity index (χ4n) is 2.23. The average molecular weight is 224 g/mol. The van der Waals surface area contributed by atoms with E-state index < -0.39 is 0 Å². The van der Waals surface area contributed by atoms with Crippen LogP contribution in [0.3, 0.4) is 0 Å². The second-order valence-electron chi connectivity index (χ2n) is 4.22. The Morgan fingerprint density at radius 1 is 1.38 bits per heavy atom. The second kappa shape index (κ2) is 5.41. The molecule has 90 valence electrons. The van der Waals surface area contributed by atoms with Crippen molar-refractivity contribution in [1.29, 1.82) is 0 Å². The monoisotopic (exact) mass is 224 g/mol. The Bertz CT molecular complexity index is 331. The summed E-state index contributed by atoms with van der Waals surface area (Å²) >= 11 is 0. The largest absolute Gasteiger partial charge is 0.381 e. The minimum absolute atomic E-state index is 0.468. The van der Waals surface area contributed by atoms with Gasteiger partial charge in [-0.1, -0.05) is 6.92 Å². The van der Waals surface area contributed by atoms with Crippen LogP contribution in [0.2, 0.25) is 0 Å². The molecule has 1 fully saturated rings. The van der Waals surface area contributed by atoms with Crippen LogP contribution in [0.15, 0.2) is 0 Å². The third kappa shape index (κ3) is 2.25. The van der Waals surface area contributed by atoms with Crippen molar-refractivity contribution in [2.45, 2.75) is 45.2 Å². The van der Waals surface area contributed by atoms with Crippen LogP contribution in [0, 0.1) is 0 Å². The third-order valence-corrected chi connectivity index (χ3v) is 3.07. The molecule has 0 unspecified atom stereocenters. The molecule has 0 spiro atoms. The van der Waals surface area contributed by atoms with Gasteiger partial charge in [0, 0.05) is 25.7 Å². The van der Waals surface area contributed by atoms with E-state index in [0.29, 0.717) is 12.5 Å². The number of rotatable bonds is 4. The van der Waals surface area contributed by atoms with Crippen molar-refractivity contribution in [1.82, 2.24) is 14.8 Å². The lowest BCUT2D eigenvalue weighted by Gasteiger charge is -2.22. The molecule has 0 bridgehead atoms. The maximum atomic E-state index is 5.68. The Kier molecular flexibility index (Phi) is 3.90. The van der Waals surface area contributed by atoms with E-state index in [1.54, 1.807) is 0 Å². The van der Waals surface area contributed by atoms with Crippen molar-refractivity contribution in [2.24, 2.45) is 5.73 Å². The highest BCUT2D eigenvalue weighted by Gasteiger charge is 2.22. The quantitative estimate of drug-likeness (QED) is 0.830. The number of ether oxygens (including phenoxy) is 1. The van der Waals surface area contributed by atoms with Crippen LogP contribution in [0.4, 0.5) is 0 Å². The molecule has 0 amide bonds. The SMILES string of the molecule is CCCn1c(CN)nnc1C1CCOCC1. The number of hydrogen-bond acceptors (Lipinski definition) is 4. The van der Waals surface area contributed by atoms with Crippen LogP contribution in [0.5, 0.6) is 0 Å². The maximum absolute atomic E-state index is 5.68. The lowest BCUT2D eigenvalue weighted by molar-refractivity contribution is 0.0827. The first kappa shape index (κ1) is 11.5. The number of nitrogens with zero attached hydrogens (tertiary/aromatic N) is 3. The summed E-state index contributed by atoms with van der Waals surface area (Å²) in [5.74, 6) is 2.50. The first-order valence-electron chi connectivity index (χ1n) is 6.06. The summed E-state index contributed by atoms with van der Waals surface area (Å²) in [7, 11) is 0. The van der Waals surface area contributed by atoms with E-state index in [0.717, 1.165) is 50.7 Å². The van der Waals surface area contributed by atoms with Crippen LogP contribution in [-0.2, 0) is 17.8 Å². The Hall–Kier alpha value is -0.940. The van der Waals surface area contributed by atoms with E-state index >= 15 is 0 Å². The predicted octanol–water partition coefficient (Wildman–Crippen LogP) is 1.04. The Balaban J connectivity index is 2.20. The zero-order chi connectivity index (χ0) is 11.4. The van der Waals surface area contributed by atoms with Crippen LogP contribution < -0.4 is 5.73 Å². The van der Waals surface area contributed by atoms with Crippen LogP contribution in [-0.4, -0.2) is 28.0 Å². The average Bonchev–Trinajstić information content (AvgIpc) is 2.74. The van der Waals surface area contributed by atoms with Gasteiger partial charge in [0.2, 0.25) is 0 Å². The first-order chi connectivity index (χ1) is 7.86. The summed E-state index contributed by atoms with van der Waals surface area (Å²) in [5.41, 5.74) is 5.68. The standard InChI is InChI=1S/C11H20N4O/c1-2-5-15-10(8-12)13-14-11(15)9-3-6-16-7-4-9/h9H,2-8,12H2,1H3. The molecular formula is C11H20N4O. The molecule has 5 nitrogen and oxygen atoms in total. The van der Waals surface area contributed by atoms with Crippen LogP contribution in [0.1, 0.15) is 43.8 Å². The van der Waals surface area contributed by atoms with Gasteiger partial charge in [-0.25, -0.2) is 0 Å². The number of nitrogens with two attached hydrogens (primary N) is 1. The van der Waals surface area contributed by atoms with Gasteiger partial charge >= 0.3 is 0 Å². The van der Waals surface area contributed by atoms with Crippen molar-refractivity contribution in [2.75, 3.05) is 13.2 Å². The molecule has 2 N–H and O–H groups in total. The molecule has 1 aromatic heterocycles. The van der Waals surface area contributed by atoms with E-state index in [9.17, 15) is 0 Å². The van der Waals surface area contributed by atoms with Gasteiger partial charge in [0.05, 0.1) is 6.54 Å². The van der Waals surface area contributed by atoms with Crippen molar-refractivity contribution in [3.05, 3.63) is 11.6 Å². The smallest absolute Gasteiger partial charge is 0.146 e. The molecule has 0 aliphatic carbocycles. The zero-order valence-electron chi connectivity index (χ0n) is 9.85. The normalized spacial score (nSPS) is 17.9. The molecule has 0 atom stereocenters. The predicted molar refractivity (Wildman–Crippen MR) is 61.0 cm³/mol. The molecule has 1 aromatic rings. The molecule has 1 aliphatic rings. The minimum atomic E-state index is 0.468. The van der Waals surface area contributed by atoms with Crippen molar-refractivity contribution in [3.8, 4) is 0 Å². The number of hydrogen-bond donors (Lipinski definition) is 1. The third-order valence-electron chi connectivity index (χ3n) is 3.07. The van der Waals surface area contributed by atoms with Crippen molar-refractivity contribution in [3.63, 3.8) is 0 Å². The van der Waals surface area contributed by atoms with Crippen molar-refractivity contribution < 1.29 is 4.74 Å². The highest BCUT2D eigenvalue weighted by atomic mass is 16.5. The summed E-state index contributed by atoms with van der Waals surface area (Å²) in [6.45, 7) is 5.26. The molecule has 1 aliphatic heterocycles. The molecule has 0 aromatic carbocycles. The summed E-state index contributed by atoms with van der Waals surface area (Å²) < 4.78 is 7.56. The molecule has 1 saturated heterocycles. The van der Waals surface area contributed by atoms with E-state index in [2.05, 4.69) is 21.7 Å². The van der Waals surface area contributed by atoms with Gasteiger partial charge < -0.3 is 15.0 Å². The maximum Gasteiger partial charge on any atom is 0.146 e. The minimum Gasteiger partial charge on any atom is -0.381 e. The molecule has 16 heavy (non-hydrogen) atoms. The van der Waals surface area contributed by atoms with E-state index in [-0.39, 0.29) is 0 Å². The molecule has 0 radical (unpaired) electrons. The Morgan fingerprint density at radius 3 is 2.75 bits per heavy atom. The van der Waals surface area contributed by atoms with Gasteiger partial charge in [0.15, 0.2) is 0 Å². The van der Waals surface area contributed by atoms with Gasteiger partial charge in [-0.3, -0.25) is 0 Å². The molecular weight excluding hydrogens is 204 g/mol. The van der Waals surface area contributed by atoms with E-state index in [1.807, 2.05) is 0 Å². The fourth-order valence-corrected chi connectivity index (χ4v) is 2.23. The van der Waals surface area contributed by atoms with Crippen molar-refractivity contribution >= 4 is 0 Å². The molecule has 2 heterocycles. The van der Waals surface area contributed by atoms with Gasteiger partial charge in [-0.15, -0.1) is 10.2 Å². The highest BCUT2D eigenvalue weighted by Crippen LogP contribution is 2.26. The van der Waals surface area contributed by atoms with Crippen LogP contribution in [0.25, 0.3) is 0 Å². The zero-order valence-corrected chi connectivity index (χ0v) is 9.85. The lowest BCUT2D eigenvalue weighted by Crippen LogP contribution is -2.19. The Labute approximate surface area is 96.0 Å². The highest BCUT2D eigenvalue weighted by molar-refractivity contribution is 5.03. The van der Waals surface area contributed by atoms with Gasteiger partial charge in [0.1, 0.15) is 11.6 Å². The summed E-state index contributed by atoms with van der Waals surface area (Å²) in [5, 5.41) is 8.48. The molecule has 0 saturated carbocycles. The first-order valence-corrected chi connectivity index (χ1v) is 6.06. The molecule has 2 rings (SSSR count). The van der Waals surface area contributed by atoms with Crippen LogP contribution >= 0.6 is 0 Å². The lowest BCUT2D eigenvalue weighted by atomic mass is 9.99. The number of aromatic nitrogens is 3. The summed E-state index contributed by atoms with van der Waals surface area (Å²) in [6.07, 6.45) is 3.18. The fraction of sp³-hybridized carbons (Fsp3) is 0.818. The Morgan fingerprint density at radius 2 is 2.12 bits per heavy atom. The van der Waals surface area contributed by atoms with Gasteiger partial charge in [0.25, 0.3) is 0 Å².